The van der Waals surface area contributed by atoms with Crippen LogP contribution in [0.5, 0.6) is 5.75 Å². The summed E-state index contributed by atoms with van der Waals surface area (Å²) in [6.07, 6.45) is 1.85. The van der Waals surface area contributed by atoms with Gasteiger partial charge in [-0.25, -0.2) is 4.68 Å². The molecule has 0 aliphatic carbocycles. The van der Waals surface area contributed by atoms with Crippen LogP contribution in [0.3, 0.4) is 0 Å². The fraction of sp³-hybridized carbons (Fsp3) is 0.385. The number of hydrogen-bond acceptors (Lipinski definition) is 4. The molecule has 5 nitrogen and oxygen atoms in total. The Morgan fingerprint density at radius 1 is 1.39 bits per heavy atom. The van der Waals surface area contributed by atoms with Gasteiger partial charge in [0.2, 0.25) is 0 Å². The van der Waals surface area contributed by atoms with Crippen LogP contribution in [0.15, 0.2) is 30.5 Å². The van der Waals surface area contributed by atoms with Crippen molar-refractivity contribution in [2.24, 2.45) is 0 Å². The van der Waals surface area contributed by atoms with Crippen molar-refractivity contribution in [1.82, 2.24) is 15.0 Å². The number of aromatic nitrogens is 3. The van der Waals surface area contributed by atoms with Gasteiger partial charge < -0.3 is 9.84 Å². The third kappa shape index (κ3) is 2.68. The summed E-state index contributed by atoms with van der Waals surface area (Å²) < 4.78 is 6.98. The summed E-state index contributed by atoms with van der Waals surface area (Å²) in [5.41, 5.74) is 1.63. The van der Waals surface area contributed by atoms with Crippen LogP contribution in [0.1, 0.15) is 30.7 Å². The largest absolute Gasteiger partial charge is 0.496 e. The van der Waals surface area contributed by atoms with Gasteiger partial charge in [0, 0.05) is 5.56 Å². The SMILES string of the molecule is CCC(O)c1cn(Cc2ccccc2OC)nn1. The number of methoxy groups -OCH3 is 1. The maximum atomic E-state index is 9.67. The van der Waals surface area contributed by atoms with E-state index in [-0.39, 0.29) is 0 Å². The first-order valence-electron chi connectivity index (χ1n) is 5.94. The number of ether oxygens (including phenoxy) is 1. The molecule has 0 amide bonds. The Balaban J connectivity index is 2.16. The molecule has 1 aromatic heterocycles. The fourth-order valence-corrected chi connectivity index (χ4v) is 1.76. The average molecular weight is 247 g/mol. The molecule has 1 heterocycles. The minimum absolute atomic E-state index is 0.545. The summed E-state index contributed by atoms with van der Waals surface area (Å²) in [7, 11) is 1.65. The standard InChI is InChI=1S/C13H17N3O2/c1-3-12(17)11-9-16(15-14-11)8-10-6-4-5-7-13(10)18-2/h4-7,9,12,17H,3,8H2,1-2H3. The number of nitrogens with zero attached hydrogens (tertiary/aromatic N) is 3. The number of aliphatic hydroxyl groups is 1. The monoisotopic (exact) mass is 247 g/mol. The summed E-state index contributed by atoms with van der Waals surface area (Å²) in [6.45, 7) is 2.48. The first-order valence-corrected chi connectivity index (χ1v) is 5.94. The number of para-hydroxylation sites is 1. The molecule has 5 heteroatoms. The summed E-state index contributed by atoms with van der Waals surface area (Å²) in [6, 6.07) is 7.77. The van der Waals surface area contributed by atoms with Crippen molar-refractivity contribution >= 4 is 0 Å². The van der Waals surface area contributed by atoms with Crippen molar-refractivity contribution in [3.05, 3.63) is 41.7 Å². The molecule has 96 valence electrons. The van der Waals surface area contributed by atoms with Gasteiger partial charge in [-0.05, 0) is 12.5 Å². The fourth-order valence-electron chi connectivity index (χ4n) is 1.76. The topological polar surface area (TPSA) is 60.2 Å². The molecule has 0 fully saturated rings. The van der Waals surface area contributed by atoms with Crippen LogP contribution >= 0.6 is 0 Å². The third-order valence-corrected chi connectivity index (χ3v) is 2.81. The smallest absolute Gasteiger partial charge is 0.123 e. The summed E-state index contributed by atoms with van der Waals surface area (Å²) >= 11 is 0. The lowest BCUT2D eigenvalue weighted by Crippen LogP contribution is -2.02. The van der Waals surface area contributed by atoms with Gasteiger partial charge in [-0.15, -0.1) is 5.10 Å². The van der Waals surface area contributed by atoms with Gasteiger partial charge in [-0.1, -0.05) is 30.3 Å². The van der Waals surface area contributed by atoms with Crippen molar-refractivity contribution in [3.8, 4) is 5.75 Å². The molecule has 0 bridgehead atoms. The van der Waals surface area contributed by atoms with E-state index in [2.05, 4.69) is 10.3 Å². The van der Waals surface area contributed by atoms with Gasteiger partial charge in [-0.3, -0.25) is 0 Å². The second-order valence-electron chi connectivity index (χ2n) is 4.08. The Kier molecular flexibility index (Phi) is 3.94. The second kappa shape index (κ2) is 5.64. The second-order valence-corrected chi connectivity index (χ2v) is 4.08. The van der Waals surface area contributed by atoms with Gasteiger partial charge in [0.15, 0.2) is 0 Å². The van der Waals surface area contributed by atoms with E-state index in [4.69, 9.17) is 4.74 Å². The lowest BCUT2D eigenvalue weighted by atomic mass is 10.2. The molecule has 0 spiro atoms. The van der Waals surface area contributed by atoms with Crippen molar-refractivity contribution in [2.45, 2.75) is 26.0 Å². The van der Waals surface area contributed by atoms with Crippen LogP contribution < -0.4 is 4.74 Å². The van der Waals surface area contributed by atoms with E-state index < -0.39 is 6.10 Å². The molecule has 2 rings (SSSR count). The minimum Gasteiger partial charge on any atom is -0.496 e. The van der Waals surface area contributed by atoms with Crippen molar-refractivity contribution in [3.63, 3.8) is 0 Å². The van der Waals surface area contributed by atoms with E-state index in [9.17, 15) is 5.11 Å². The highest BCUT2D eigenvalue weighted by atomic mass is 16.5. The van der Waals surface area contributed by atoms with Crippen molar-refractivity contribution in [1.29, 1.82) is 0 Å². The normalized spacial score (nSPS) is 12.4. The molecule has 0 radical (unpaired) electrons. The minimum atomic E-state index is -0.545. The van der Waals surface area contributed by atoms with Gasteiger partial charge in [0.25, 0.3) is 0 Å². The van der Waals surface area contributed by atoms with Gasteiger partial charge in [0.1, 0.15) is 11.4 Å². The van der Waals surface area contributed by atoms with Crippen molar-refractivity contribution < 1.29 is 9.84 Å². The molecule has 1 N–H and O–H groups in total. The summed E-state index contributed by atoms with van der Waals surface area (Å²) in [4.78, 5) is 0. The molecular weight excluding hydrogens is 230 g/mol. The molecule has 1 atom stereocenters. The highest BCUT2D eigenvalue weighted by Crippen LogP contribution is 2.19. The number of aliphatic hydroxyl groups excluding tert-OH is 1. The Hall–Kier alpha value is -1.88. The first-order chi connectivity index (χ1) is 8.74. The Morgan fingerprint density at radius 3 is 2.89 bits per heavy atom. The molecule has 1 unspecified atom stereocenters. The molecular formula is C13H17N3O2. The predicted octanol–water partition coefficient (Wildman–Crippen LogP) is 1.78. The molecule has 0 saturated carbocycles. The number of rotatable bonds is 5. The quantitative estimate of drug-likeness (QED) is 0.875. The summed E-state index contributed by atoms with van der Waals surface area (Å²) in [5, 5.41) is 17.6. The number of benzene rings is 1. The maximum Gasteiger partial charge on any atom is 0.123 e. The molecule has 1 aromatic carbocycles. The first kappa shape index (κ1) is 12.6. The number of hydrogen-bond donors (Lipinski definition) is 1. The maximum absolute atomic E-state index is 9.67. The van der Waals surface area contributed by atoms with E-state index in [1.807, 2.05) is 31.2 Å². The van der Waals surface area contributed by atoms with Gasteiger partial charge in [0.05, 0.1) is 26.0 Å². The molecule has 0 aliphatic heterocycles. The van der Waals surface area contributed by atoms with E-state index in [0.29, 0.717) is 18.7 Å². The van der Waals surface area contributed by atoms with E-state index in [1.54, 1.807) is 18.0 Å². The Morgan fingerprint density at radius 2 is 2.17 bits per heavy atom. The van der Waals surface area contributed by atoms with Crippen LogP contribution in [-0.4, -0.2) is 27.2 Å². The van der Waals surface area contributed by atoms with Crippen LogP contribution in [-0.2, 0) is 6.54 Å². The van der Waals surface area contributed by atoms with E-state index >= 15 is 0 Å². The van der Waals surface area contributed by atoms with Crippen molar-refractivity contribution in [2.75, 3.05) is 7.11 Å². The van der Waals surface area contributed by atoms with Crippen LogP contribution in [0.4, 0.5) is 0 Å². The Bertz CT molecular complexity index is 510. The van der Waals surface area contributed by atoms with Gasteiger partial charge >= 0.3 is 0 Å². The highest BCUT2D eigenvalue weighted by molar-refractivity contribution is 5.33. The lowest BCUT2D eigenvalue weighted by Gasteiger charge is -2.07. The zero-order chi connectivity index (χ0) is 13.0. The average Bonchev–Trinajstić information content (AvgIpc) is 2.87. The third-order valence-electron chi connectivity index (χ3n) is 2.81. The predicted molar refractivity (Wildman–Crippen MR) is 67.4 cm³/mol. The van der Waals surface area contributed by atoms with Gasteiger partial charge in [-0.2, -0.15) is 0 Å². The molecule has 0 saturated heterocycles. The van der Waals surface area contributed by atoms with Crippen LogP contribution in [0.25, 0.3) is 0 Å². The Labute approximate surface area is 106 Å². The van der Waals surface area contributed by atoms with Crippen LogP contribution in [0.2, 0.25) is 0 Å². The molecule has 2 aromatic rings. The molecule has 0 aliphatic rings. The lowest BCUT2D eigenvalue weighted by molar-refractivity contribution is 0.168. The molecule has 18 heavy (non-hydrogen) atoms. The van der Waals surface area contributed by atoms with E-state index in [1.165, 1.54) is 0 Å². The zero-order valence-electron chi connectivity index (χ0n) is 10.6. The highest BCUT2D eigenvalue weighted by Gasteiger charge is 2.10. The van der Waals surface area contributed by atoms with E-state index in [0.717, 1.165) is 11.3 Å². The summed E-state index contributed by atoms with van der Waals surface area (Å²) in [5.74, 6) is 0.825. The zero-order valence-corrected chi connectivity index (χ0v) is 10.6. The van der Waals surface area contributed by atoms with Crippen LogP contribution in [0, 0.1) is 0 Å².